The second kappa shape index (κ2) is 6.85. The van der Waals surface area contributed by atoms with Gasteiger partial charge in [0.15, 0.2) is 0 Å². The number of nitrogens with zero attached hydrogens (tertiary/aromatic N) is 1. The largest absolute Gasteiger partial charge is 0.366 e. The number of thiophene rings is 1. The Balaban J connectivity index is 1.50. The van der Waals surface area contributed by atoms with Gasteiger partial charge in [-0.2, -0.15) is 0 Å². The van der Waals surface area contributed by atoms with Crippen LogP contribution in [0, 0.1) is 5.92 Å². The Hall–Kier alpha value is -2.18. The van der Waals surface area contributed by atoms with E-state index in [4.69, 9.17) is 5.73 Å². The lowest BCUT2D eigenvalue weighted by Gasteiger charge is -2.49. The van der Waals surface area contributed by atoms with Crippen LogP contribution in [0.3, 0.4) is 0 Å². The van der Waals surface area contributed by atoms with Crippen LogP contribution in [0.5, 0.6) is 0 Å². The molecule has 0 unspecified atom stereocenters. The van der Waals surface area contributed by atoms with Crippen molar-refractivity contribution in [3.05, 3.63) is 46.8 Å². The van der Waals surface area contributed by atoms with Crippen molar-refractivity contribution in [1.82, 2.24) is 10.2 Å². The molecule has 4 heterocycles. The standard InChI is InChI=1S/C20H23N3O2S/c1-12-18(13-7-9-23(12)10-8-13)22-20(25)17-6-5-16(26-17)14-3-2-4-15(11-14)19(21)24/h2-6,11-13,18H,7-10H2,1H3,(H2,21,24)(H,22,25)/t12-,18+/m1/s1. The van der Waals surface area contributed by atoms with Crippen molar-refractivity contribution in [1.29, 1.82) is 0 Å². The number of primary amides is 1. The number of hydrogen-bond acceptors (Lipinski definition) is 4. The number of piperidine rings is 3. The summed E-state index contributed by atoms with van der Waals surface area (Å²) in [5, 5.41) is 3.27. The topological polar surface area (TPSA) is 75.4 Å². The van der Waals surface area contributed by atoms with E-state index in [1.54, 1.807) is 12.1 Å². The lowest BCUT2D eigenvalue weighted by molar-refractivity contribution is 0.0218. The Kier molecular flexibility index (Phi) is 4.54. The predicted molar refractivity (Wildman–Crippen MR) is 103 cm³/mol. The van der Waals surface area contributed by atoms with Crippen LogP contribution in [0.15, 0.2) is 36.4 Å². The van der Waals surface area contributed by atoms with E-state index in [-0.39, 0.29) is 11.9 Å². The maximum atomic E-state index is 12.8. The van der Waals surface area contributed by atoms with Gasteiger partial charge in [-0.3, -0.25) is 14.5 Å². The number of nitrogens with two attached hydrogens (primary N) is 1. The molecular weight excluding hydrogens is 346 g/mol. The summed E-state index contributed by atoms with van der Waals surface area (Å²) in [5.74, 6) is 0.140. The lowest BCUT2D eigenvalue weighted by atomic mass is 9.79. The molecule has 3 aliphatic heterocycles. The third kappa shape index (κ3) is 3.15. The van der Waals surface area contributed by atoms with Crippen molar-refractivity contribution in [3.8, 4) is 10.4 Å². The van der Waals surface area contributed by atoms with Gasteiger partial charge in [0.1, 0.15) is 0 Å². The van der Waals surface area contributed by atoms with E-state index in [2.05, 4.69) is 17.1 Å². The second-order valence-corrected chi connectivity index (χ2v) is 8.31. The highest BCUT2D eigenvalue weighted by Crippen LogP contribution is 2.33. The van der Waals surface area contributed by atoms with Crippen LogP contribution in [0.1, 0.15) is 39.8 Å². The molecule has 2 amide bonds. The summed E-state index contributed by atoms with van der Waals surface area (Å²) in [7, 11) is 0. The maximum absolute atomic E-state index is 12.8. The van der Waals surface area contributed by atoms with E-state index in [1.165, 1.54) is 24.2 Å². The molecule has 5 rings (SSSR count). The fourth-order valence-electron chi connectivity index (χ4n) is 4.21. The van der Waals surface area contributed by atoms with Crippen molar-refractivity contribution in [2.75, 3.05) is 13.1 Å². The molecule has 3 N–H and O–H groups in total. The SMILES string of the molecule is C[C@@H]1[C@H](NC(=O)c2ccc(-c3cccc(C(N)=O)c3)s2)C2CCN1CC2. The van der Waals surface area contributed by atoms with Crippen LogP contribution in [0.25, 0.3) is 10.4 Å². The van der Waals surface area contributed by atoms with Gasteiger partial charge < -0.3 is 11.1 Å². The Morgan fingerprint density at radius 2 is 1.96 bits per heavy atom. The molecule has 5 nitrogen and oxygen atoms in total. The summed E-state index contributed by atoms with van der Waals surface area (Å²) in [6.45, 7) is 4.51. The zero-order chi connectivity index (χ0) is 18.3. The summed E-state index contributed by atoms with van der Waals surface area (Å²) in [6.07, 6.45) is 2.34. The predicted octanol–water partition coefficient (Wildman–Crippen LogP) is 2.73. The number of carbonyl (C=O) groups is 2. The normalized spacial score (nSPS) is 27.3. The smallest absolute Gasteiger partial charge is 0.261 e. The molecule has 1 aromatic carbocycles. The molecule has 0 spiro atoms. The van der Waals surface area contributed by atoms with Gasteiger partial charge in [0, 0.05) is 22.5 Å². The van der Waals surface area contributed by atoms with Crippen LogP contribution < -0.4 is 11.1 Å². The minimum atomic E-state index is -0.447. The summed E-state index contributed by atoms with van der Waals surface area (Å²) in [5.41, 5.74) is 6.74. The number of hydrogen-bond donors (Lipinski definition) is 2. The molecule has 6 heteroatoms. The van der Waals surface area contributed by atoms with E-state index in [0.29, 0.717) is 22.4 Å². The van der Waals surface area contributed by atoms with E-state index in [9.17, 15) is 9.59 Å². The van der Waals surface area contributed by atoms with E-state index < -0.39 is 5.91 Å². The van der Waals surface area contributed by atoms with Crippen molar-refractivity contribution in [2.45, 2.75) is 31.8 Å². The highest BCUT2D eigenvalue weighted by molar-refractivity contribution is 7.17. The molecule has 3 fully saturated rings. The third-order valence-corrected chi connectivity index (χ3v) is 6.87. The van der Waals surface area contributed by atoms with Crippen molar-refractivity contribution in [3.63, 3.8) is 0 Å². The van der Waals surface area contributed by atoms with Crippen LogP contribution in [0.2, 0.25) is 0 Å². The molecule has 26 heavy (non-hydrogen) atoms. The van der Waals surface area contributed by atoms with E-state index >= 15 is 0 Å². The van der Waals surface area contributed by atoms with Crippen LogP contribution >= 0.6 is 11.3 Å². The Morgan fingerprint density at radius 3 is 2.65 bits per heavy atom. The zero-order valence-electron chi connectivity index (χ0n) is 14.8. The van der Waals surface area contributed by atoms with Crippen LogP contribution in [-0.2, 0) is 0 Å². The number of rotatable bonds is 4. The van der Waals surface area contributed by atoms with Crippen molar-refractivity contribution in [2.24, 2.45) is 11.7 Å². The molecule has 3 aliphatic rings. The molecule has 2 bridgehead atoms. The summed E-state index contributed by atoms with van der Waals surface area (Å²) in [4.78, 5) is 28.3. The average molecular weight is 369 g/mol. The number of carbonyl (C=O) groups excluding carboxylic acids is 2. The first-order valence-electron chi connectivity index (χ1n) is 9.08. The number of amides is 2. The number of benzene rings is 1. The molecule has 2 atom stereocenters. The summed E-state index contributed by atoms with van der Waals surface area (Å²) in [6, 6.07) is 11.6. The van der Waals surface area contributed by atoms with E-state index in [0.717, 1.165) is 23.5 Å². The van der Waals surface area contributed by atoms with E-state index in [1.807, 2.05) is 24.3 Å². The van der Waals surface area contributed by atoms with Gasteiger partial charge in [0.2, 0.25) is 5.91 Å². The molecular formula is C20H23N3O2S. The first-order chi connectivity index (χ1) is 12.5. The zero-order valence-corrected chi connectivity index (χ0v) is 15.6. The van der Waals surface area contributed by atoms with Crippen LogP contribution in [-0.4, -0.2) is 41.9 Å². The van der Waals surface area contributed by atoms with Gasteiger partial charge >= 0.3 is 0 Å². The second-order valence-electron chi connectivity index (χ2n) is 7.22. The van der Waals surface area contributed by atoms with Gasteiger partial charge in [-0.05, 0) is 68.6 Å². The third-order valence-electron chi connectivity index (χ3n) is 5.74. The molecule has 0 aliphatic carbocycles. The van der Waals surface area contributed by atoms with Gasteiger partial charge in [0.05, 0.1) is 4.88 Å². The lowest BCUT2D eigenvalue weighted by Crippen LogP contribution is -2.62. The van der Waals surface area contributed by atoms with Gasteiger partial charge in [-0.1, -0.05) is 12.1 Å². The Morgan fingerprint density at radius 1 is 1.19 bits per heavy atom. The quantitative estimate of drug-likeness (QED) is 0.870. The fraction of sp³-hybridized carbons (Fsp3) is 0.400. The number of nitrogens with one attached hydrogen (secondary N) is 1. The molecule has 136 valence electrons. The van der Waals surface area contributed by atoms with Crippen molar-refractivity contribution >= 4 is 23.2 Å². The van der Waals surface area contributed by atoms with Crippen molar-refractivity contribution < 1.29 is 9.59 Å². The molecule has 1 aromatic heterocycles. The molecule has 2 aromatic rings. The van der Waals surface area contributed by atoms with Gasteiger partial charge in [-0.25, -0.2) is 0 Å². The van der Waals surface area contributed by atoms with Crippen LogP contribution in [0.4, 0.5) is 0 Å². The first-order valence-corrected chi connectivity index (χ1v) is 9.89. The summed E-state index contributed by atoms with van der Waals surface area (Å²) < 4.78 is 0. The highest BCUT2D eigenvalue weighted by atomic mass is 32.1. The minimum absolute atomic E-state index is 0.00194. The average Bonchev–Trinajstić information content (AvgIpc) is 3.15. The molecule has 0 radical (unpaired) electrons. The van der Waals surface area contributed by atoms with Gasteiger partial charge in [-0.15, -0.1) is 11.3 Å². The molecule has 3 saturated heterocycles. The maximum Gasteiger partial charge on any atom is 0.261 e. The fourth-order valence-corrected chi connectivity index (χ4v) is 5.11. The first kappa shape index (κ1) is 17.2. The number of fused-ring (bicyclic) bond motifs is 3. The Bertz CT molecular complexity index is 837. The van der Waals surface area contributed by atoms with Gasteiger partial charge in [0.25, 0.3) is 5.91 Å². The molecule has 0 saturated carbocycles. The monoisotopic (exact) mass is 369 g/mol. The summed E-state index contributed by atoms with van der Waals surface area (Å²) >= 11 is 1.45. The highest BCUT2D eigenvalue weighted by Gasteiger charge is 2.40. The minimum Gasteiger partial charge on any atom is -0.366 e. The Labute approximate surface area is 157 Å².